The van der Waals surface area contributed by atoms with E-state index >= 15 is 0 Å². The number of nitrogens with zero attached hydrogens (tertiary/aromatic N) is 1. The molecule has 29 heavy (non-hydrogen) atoms. The molecule has 3 heteroatoms. The lowest BCUT2D eigenvalue weighted by atomic mass is 9.72. The van der Waals surface area contributed by atoms with Crippen LogP contribution in [0.5, 0.6) is 0 Å². The van der Waals surface area contributed by atoms with Gasteiger partial charge < -0.3 is 4.74 Å². The Hall–Kier alpha value is -2.91. The quantitative estimate of drug-likeness (QED) is 0.562. The van der Waals surface area contributed by atoms with E-state index in [9.17, 15) is 4.79 Å². The van der Waals surface area contributed by atoms with Gasteiger partial charge in [0.05, 0.1) is 5.41 Å². The molecule has 148 valence electrons. The molecule has 1 saturated heterocycles. The average molecular weight is 386 g/mol. The Balaban J connectivity index is 1.48. The van der Waals surface area contributed by atoms with Crippen molar-refractivity contribution in [3.63, 3.8) is 0 Å². The molecule has 0 N–H and O–H groups in total. The maximum atomic E-state index is 13.3. The number of hydrogen-bond acceptors (Lipinski definition) is 3. The Bertz CT molecular complexity index is 901. The van der Waals surface area contributed by atoms with E-state index in [1.807, 2.05) is 54.6 Å². The van der Waals surface area contributed by atoms with Gasteiger partial charge in [0.25, 0.3) is 0 Å². The number of carbonyl (C=O) groups excluding carboxylic acids is 1. The van der Waals surface area contributed by atoms with E-state index in [2.05, 4.69) is 41.3 Å². The average Bonchev–Trinajstić information content (AvgIpc) is 2.80. The Kier molecular flexibility index (Phi) is 6.06. The third-order valence-corrected chi connectivity index (χ3v) is 5.89. The zero-order valence-electron chi connectivity index (χ0n) is 16.7. The fourth-order valence-electron chi connectivity index (χ4n) is 4.16. The molecule has 0 amide bonds. The Labute approximate surface area is 172 Å². The highest BCUT2D eigenvalue weighted by molar-refractivity contribution is 5.83. The van der Waals surface area contributed by atoms with Gasteiger partial charge in [-0.05, 0) is 42.6 Å². The molecule has 0 radical (unpaired) electrons. The molecular weight excluding hydrogens is 358 g/mol. The second kappa shape index (κ2) is 9.06. The largest absolute Gasteiger partial charge is 0.460 e. The summed E-state index contributed by atoms with van der Waals surface area (Å²) in [5.41, 5.74) is 2.83. The van der Waals surface area contributed by atoms with Gasteiger partial charge >= 0.3 is 5.97 Å². The van der Waals surface area contributed by atoms with Gasteiger partial charge in [-0.15, -0.1) is 0 Å². The van der Waals surface area contributed by atoms with Gasteiger partial charge in [0.1, 0.15) is 6.61 Å². The summed E-state index contributed by atoms with van der Waals surface area (Å²) in [7, 11) is 0. The number of esters is 1. The molecule has 1 aliphatic rings. The van der Waals surface area contributed by atoms with E-state index < -0.39 is 5.41 Å². The molecule has 1 aliphatic heterocycles. The van der Waals surface area contributed by atoms with E-state index in [0.29, 0.717) is 6.61 Å². The molecule has 0 aromatic heterocycles. The lowest BCUT2D eigenvalue weighted by molar-refractivity contribution is -0.154. The molecular formula is C26H27NO2. The molecule has 4 rings (SSSR count). The van der Waals surface area contributed by atoms with Gasteiger partial charge in [0.15, 0.2) is 0 Å². The first-order valence-corrected chi connectivity index (χ1v) is 10.3. The zero-order chi connectivity index (χ0) is 19.9. The molecule has 1 heterocycles. The summed E-state index contributed by atoms with van der Waals surface area (Å²) in [6.07, 6.45) is 1.55. The summed E-state index contributed by atoms with van der Waals surface area (Å²) in [5.74, 6) is -0.105. The highest BCUT2D eigenvalue weighted by Gasteiger charge is 2.44. The van der Waals surface area contributed by atoms with Crippen molar-refractivity contribution in [2.24, 2.45) is 0 Å². The molecule has 3 aromatic carbocycles. The van der Waals surface area contributed by atoms with Crippen molar-refractivity contribution in [3.8, 4) is 0 Å². The third-order valence-electron chi connectivity index (χ3n) is 5.89. The first-order valence-electron chi connectivity index (χ1n) is 10.3. The summed E-state index contributed by atoms with van der Waals surface area (Å²) >= 11 is 0. The van der Waals surface area contributed by atoms with E-state index in [0.717, 1.165) is 43.6 Å². The lowest BCUT2D eigenvalue weighted by Gasteiger charge is -2.40. The van der Waals surface area contributed by atoms with Crippen molar-refractivity contribution >= 4 is 5.97 Å². The van der Waals surface area contributed by atoms with Crippen molar-refractivity contribution in [2.45, 2.75) is 31.4 Å². The van der Waals surface area contributed by atoms with Crippen LogP contribution in [0.3, 0.4) is 0 Å². The third kappa shape index (κ3) is 4.57. The van der Waals surface area contributed by atoms with Gasteiger partial charge in [-0.25, -0.2) is 0 Å². The maximum absolute atomic E-state index is 13.3. The molecule has 0 bridgehead atoms. The molecule has 0 spiro atoms. The van der Waals surface area contributed by atoms with E-state index in [4.69, 9.17) is 4.74 Å². The highest BCUT2D eigenvalue weighted by atomic mass is 16.5. The Morgan fingerprint density at radius 1 is 0.759 bits per heavy atom. The zero-order valence-corrected chi connectivity index (χ0v) is 16.7. The van der Waals surface area contributed by atoms with Crippen LogP contribution in [0.1, 0.15) is 29.5 Å². The predicted molar refractivity (Wildman–Crippen MR) is 115 cm³/mol. The van der Waals surface area contributed by atoms with E-state index in [1.165, 1.54) is 5.56 Å². The Morgan fingerprint density at radius 3 is 1.86 bits per heavy atom. The molecule has 3 aromatic rings. The normalized spacial score (nSPS) is 16.3. The fourth-order valence-corrected chi connectivity index (χ4v) is 4.16. The van der Waals surface area contributed by atoms with Gasteiger partial charge in [0, 0.05) is 6.54 Å². The van der Waals surface area contributed by atoms with Crippen molar-refractivity contribution in [3.05, 3.63) is 108 Å². The lowest BCUT2D eigenvalue weighted by Crippen LogP contribution is -2.47. The van der Waals surface area contributed by atoms with Crippen LogP contribution in [-0.4, -0.2) is 24.0 Å². The summed E-state index contributed by atoms with van der Waals surface area (Å²) < 4.78 is 5.82. The fraction of sp³-hybridized carbons (Fsp3) is 0.269. The second-order valence-corrected chi connectivity index (χ2v) is 7.77. The SMILES string of the molecule is O=C(OCc1ccccc1)C1(c2ccccc2)CCN(Cc2ccccc2)CC1. The first kappa shape index (κ1) is 19.4. The Morgan fingerprint density at radius 2 is 1.28 bits per heavy atom. The number of piperidine rings is 1. The van der Waals surface area contributed by atoms with E-state index in [-0.39, 0.29) is 5.97 Å². The first-order chi connectivity index (χ1) is 14.3. The minimum atomic E-state index is -0.566. The molecule has 1 fully saturated rings. The van der Waals surface area contributed by atoms with Gasteiger partial charge in [-0.3, -0.25) is 9.69 Å². The minimum Gasteiger partial charge on any atom is -0.460 e. The monoisotopic (exact) mass is 385 g/mol. The van der Waals surface area contributed by atoms with Crippen molar-refractivity contribution in [1.29, 1.82) is 0 Å². The van der Waals surface area contributed by atoms with E-state index in [1.54, 1.807) is 0 Å². The van der Waals surface area contributed by atoms with Crippen LogP contribution >= 0.6 is 0 Å². The van der Waals surface area contributed by atoms with Crippen LogP contribution in [0.4, 0.5) is 0 Å². The second-order valence-electron chi connectivity index (χ2n) is 7.77. The van der Waals surface area contributed by atoms with Gasteiger partial charge in [-0.2, -0.15) is 0 Å². The molecule has 0 saturated carbocycles. The van der Waals surface area contributed by atoms with Crippen LogP contribution in [0.15, 0.2) is 91.0 Å². The summed E-state index contributed by atoms with van der Waals surface area (Å²) in [5, 5.41) is 0. The molecule has 0 aliphatic carbocycles. The highest BCUT2D eigenvalue weighted by Crippen LogP contribution is 2.37. The number of benzene rings is 3. The van der Waals surface area contributed by atoms with Crippen molar-refractivity contribution < 1.29 is 9.53 Å². The van der Waals surface area contributed by atoms with Crippen molar-refractivity contribution in [1.82, 2.24) is 4.90 Å². The number of ether oxygens (including phenoxy) is 1. The molecule has 0 atom stereocenters. The maximum Gasteiger partial charge on any atom is 0.316 e. The van der Waals surface area contributed by atoms with Crippen LogP contribution in [0, 0.1) is 0 Å². The van der Waals surface area contributed by atoms with Crippen LogP contribution in [0.2, 0.25) is 0 Å². The molecule has 3 nitrogen and oxygen atoms in total. The van der Waals surface area contributed by atoms with Crippen LogP contribution in [-0.2, 0) is 28.1 Å². The topological polar surface area (TPSA) is 29.5 Å². The van der Waals surface area contributed by atoms with Gasteiger partial charge in [0.2, 0.25) is 0 Å². The number of carbonyl (C=O) groups is 1. The van der Waals surface area contributed by atoms with Crippen molar-refractivity contribution in [2.75, 3.05) is 13.1 Å². The molecule has 0 unspecified atom stereocenters. The van der Waals surface area contributed by atoms with Gasteiger partial charge in [-0.1, -0.05) is 91.0 Å². The summed E-state index contributed by atoms with van der Waals surface area (Å²) in [4.78, 5) is 15.7. The summed E-state index contributed by atoms with van der Waals surface area (Å²) in [6.45, 7) is 3.00. The van der Waals surface area contributed by atoms with Crippen LogP contribution < -0.4 is 0 Å². The summed E-state index contributed by atoms with van der Waals surface area (Å²) in [6, 6.07) is 30.6. The smallest absolute Gasteiger partial charge is 0.316 e. The minimum absolute atomic E-state index is 0.105. The van der Waals surface area contributed by atoms with Crippen LogP contribution in [0.25, 0.3) is 0 Å². The standard InChI is InChI=1S/C26H27NO2/c28-25(29-21-23-12-6-2-7-13-23)26(24-14-8-3-9-15-24)16-18-27(19-17-26)20-22-10-4-1-5-11-22/h1-15H,16-21H2. The number of rotatable bonds is 6. The number of likely N-dealkylation sites (tertiary alicyclic amines) is 1. The predicted octanol–water partition coefficient (Wildman–Crippen LogP) is 4.96. The number of hydrogen-bond donors (Lipinski definition) is 0.